The second-order valence-corrected chi connectivity index (χ2v) is 2.08. The number of carbonyl (C=O) groups is 1. The molecular formula is C6H13NO2. The SMILES string of the molecule is CCC(C)CNOC=O. The van der Waals surface area contributed by atoms with E-state index in [1.165, 1.54) is 0 Å². The van der Waals surface area contributed by atoms with Crippen molar-refractivity contribution >= 4 is 6.47 Å². The number of hydrogen-bond acceptors (Lipinski definition) is 3. The van der Waals surface area contributed by atoms with E-state index in [4.69, 9.17) is 0 Å². The summed E-state index contributed by atoms with van der Waals surface area (Å²) in [6.07, 6.45) is 1.09. The number of hydrogen-bond donors (Lipinski definition) is 1. The topological polar surface area (TPSA) is 38.3 Å². The third-order valence-electron chi connectivity index (χ3n) is 1.26. The Hall–Kier alpha value is -0.570. The van der Waals surface area contributed by atoms with Crippen molar-refractivity contribution in [3.8, 4) is 0 Å². The van der Waals surface area contributed by atoms with Gasteiger partial charge in [0.05, 0.1) is 0 Å². The molecule has 3 nitrogen and oxygen atoms in total. The standard InChI is InChI=1S/C6H13NO2/c1-3-6(2)4-7-9-5-8/h5-7H,3-4H2,1-2H3. The van der Waals surface area contributed by atoms with Crippen LogP contribution in [0.4, 0.5) is 0 Å². The molecule has 1 atom stereocenters. The molecule has 0 rings (SSSR count). The highest BCUT2D eigenvalue weighted by Gasteiger charge is 1.95. The Balaban J connectivity index is 2.96. The van der Waals surface area contributed by atoms with Gasteiger partial charge in [0.1, 0.15) is 0 Å². The molecule has 0 saturated carbocycles. The van der Waals surface area contributed by atoms with Crippen molar-refractivity contribution in [1.29, 1.82) is 0 Å². The molecule has 3 heteroatoms. The fourth-order valence-corrected chi connectivity index (χ4v) is 0.369. The summed E-state index contributed by atoms with van der Waals surface area (Å²) in [5, 5.41) is 0. The van der Waals surface area contributed by atoms with E-state index in [2.05, 4.69) is 24.2 Å². The Morgan fingerprint density at radius 1 is 1.78 bits per heavy atom. The molecule has 0 aliphatic carbocycles. The first-order valence-corrected chi connectivity index (χ1v) is 3.13. The van der Waals surface area contributed by atoms with Crippen molar-refractivity contribution in [2.75, 3.05) is 6.54 Å². The maximum absolute atomic E-state index is 9.59. The van der Waals surface area contributed by atoms with Gasteiger partial charge in [-0.25, -0.2) is 0 Å². The molecule has 0 saturated heterocycles. The fourth-order valence-electron chi connectivity index (χ4n) is 0.369. The van der Waals surface area contributed by atoms with Crippen LogP contribution in [0.15, 0.2) is 0 Å². The highest BCUT2D eigenvalue weighted by Crippen LogP contribution is 1.96. The van der Waals surface area contributed by atoms with E-state index >= 15 is 0 Å². The molecule has 0 aromatic heterocycles. The summed E-state index contributed by atoms with van der Waals surface area (Å²) in [6.45, 7) is 5.30. The van der Waals surface area contributed by atoms with E-state index in [0.29, 0.717) is 12.4 Å². The summed E-state index contributed by atoms with van der Waals surface area (Å²) in [5.41, 5.74) is 2.52. The normalized spacial score (nSPS) is 12.7. The number of carbonyl (C=O) groups excluding carboxylic acids is 1. The Labute approximate surface area is 55.3 Å². The molecule has 1 unspecified atom stereocenters. The van der Waals surface area contributed by atoms with Gasteiger partial charge in [0.25, 0.3) is 0 Å². The van der Waals surface area contributed by atoms with Gasteiger partial charge >= 0.3 is 6.47 Å². The minimum atomic E-state index is 0.391. The lowest BCUT2D eigenvalue weighted by Gasteiger charge is -2.06. The van der Waals surface area contributed by atoms with Crippen LogP contribution >= 0.6 is 0 Å². The molecule has 0 aromatic carbocycles. The van der Waals surface area contributed by atoms with Gasteiger partial charge in [-0.2, -0.15) is 5.48 Å². The maximum Gasteiger partial charge on any atom is 0.312 e. The predicted molar refractivity (Wildman–Crippen MR) is 34.6 cm³/mol. The van der Waals surface area contributed by atoms with Gasteiger partial charge in [-0.05, 0) is 5.92 Å². The minimum absolute atomic E-state index is 0.391. The highest BCUT2D eigenvalue weighted by molar-refractivity contribution is 5.36. The van der Waals surface area contributed by atoms with Crippen LogP contribution in [0.25, 0.3) is 0 Å². The number of rotatable bonds is 5. The van der Waals surface area contributed by atoms with Crippen molar-refractivity contribution < 1.29 is 9.63 Å². The van der Waals surface area contributed by atoms with Gasteiger partial charge < -0.3 is 4.84 Å². The second-order valence-electron chi connectivity index (χ2n) is 2.08. The van der Waals surface area contributed by atoms with Crippen LogP contribution in [0.5, 0.6) is 0 Å². The third-order valence-corrected chi connectivity index (χ3v) is 1.26. The monoisotopic (exact) mass is 131 g/mol. The first-order chi connectivity index (χ1) is 4.31. The summed E-state index contributed by atoms with van der Waals surface area (Å²) in [5.74, 6) is 0.560. The smallest absolute Gasteiger partial charge is 0.312 e. The van der Waals surface area contributed by atoms with Gasteiger partial charge in [0.2, 0.25) is 0 Å². The average molecular weight is 131 g/mol. The molecule has 0 aliphatic rings. The Morgan fingerprint density at radius 2 is 2.44 bits per heavy atom. The third kappa shape index (κ3) is 5.30. The molecule has 0 spiro atoms. The fraction of sp³-hybridized carbons (Fsp3) is 0.833. The lowest BCUT2D eigenvalue weighted by Crippen LogP contribution is -2.20. The second kappa shape index (κ2) is 5.56. The van der Waals surface area contributed by atoms with Gasteiger partial charge in [-0.3, -0.25) is 4.79 Å². The van der Waals surface area contributed by atoms with Gasteiger partial charge in [0.15, 0.2) is 0 Å². The molecule has 0 amide bonds. The zero-order valence-corrected chi connectivity index (χ0v) is 5.89. The van der Waals surface area contributed by atoms with Crippen LogP contribution in [0, 0.1) is 5.92 Å². The van der Waals surface area contributed by atoms with Crippen LogP contribution in [0.1, 0.15) is 20.3 Å². The van der Waals surface area contributed by atoms with Crippen molar-refractivity contribution in [3.63, 3.8) is 0 Å². The van der Waals surface area contributed by atoms with Gasteiger partial charge in [-0.1, -0.05) is 20.3 Å². The molecule has 54 valence electrons. The summed E-state index contributed by atoms with van der Waals surface area (Å²) in [6, 6.07) is 0. The Morgan fingerprint density at radius 3 is 2.89 bits per heavy atom. The van der Waals surface area contributed by atoms with Crippen LogP contribution in [0.2, 0.25) is 0 Å². The average Bonchev–Trinajstić information content (AvgIpc) is 1.89. The van der Waals surface area contributed by atoms with Crippen LogP contribution in [0.3, 0.4) is 0 Å². The van der Waals surface area contributed by atoms with Crippen molar-refractivity contribution in [2.24, 2.45) is 5.92 Å². The van der Waals surface area contributed by atoms with Crippen molar-refractivity contribution in [2.45, 2.75) is 20.3 Å². The molecule has 1 N–H and O–H groups in total. The van der Waals surface area contributed by atoms with Gasteiger partial charge in [-0.15, -0.1) is 0 Å². The first-order valence-electron chi connectivity index (χ1n) is 3.13. The number of nitrogens with one attached hydrogen (secondary N) is 1. The van der Waals surface area contributed by atoms with Crippen LogP contribution < -0.4 is 5.48 Å². The molecule has 0 heterocycles. The van der Waals surface area contributed by atoms with E-state index in [9.17, 15) is 4.79 Å². The van der Waals surface area contributed by atoms with E-state index in [1.54, 1.807) is 0 Å². The van der Waals surface area contributed by atoms with Crippen molar-refractivity contribution in [1.82, 2.24) is 5.48 Å². The molecular weight excluding hydrogens is 118 g/mol. The van der Waals surface area contributed by atoms with Crippen LogP contribution in [-0.2, 0) is 9.63 Å². The first kappa shape index (κ1) is 8.43. The molecule has 0 fully saturated rings. The molecule has 0 radical (unpaired) electrons. The molecule has 9 heavy (non-hydrogen) atoms. The zero-order chi connectivity index (χ0) is 7.11. The zero-order valence-electron chi connectivity index (χ0n) is 5.89. The summed E-state index contributed by atoms with van der Waals surface area (Å²) in [4.78, 5) is 13.9. The highest BCUT2D eigenvalue weighted by atomic mass is 16.7. The molecule has 0 aliphatic heterocycles. The minimum Gasteiger partial charge on any atom is -0.374 e. The molecule has 0 bridgehead atoms. The largest absolute Gasteiger partial charge is 0.374 e. The lowest BCUT2D eigenvalue weighted by molar-refractivity contribution is -0.135. The van der Waals surface area contributed by atoms with E-state index in [0.717, 1.165) is 13.0 Å². The Bertz CT molecular complexity index is 75.5. The van der Waals surface area contributed by atoms with Gasteiger partial charge in [0, 0.05) is 6.54 Å². The summed E-state index contributed by atoms with van der Waals surface area (Å²) >= 11 is 0. The van der Waals surface area contributed by atoms with E-state index < -0.39 is 0 Å². The quantitative estimate of drug-likeness (QED) is 0.339. The predicted octanol–water partition coefficient (Wildman–Crippen LogP) is 0.710. The molecule has 0 aromatic rings. The maximum atomic E-state index is 9.59. The lowest BCUT2D eigenvalue weighted by atomic mass is 10.1. The van der Waals surface area contributed by atoms with E-state index in [-0.39, 0.29) is 0 Å². The summed E-state index contributed by atoms with van der Waals surface area (Å²) < 4.78 is 0. The van der Waals surface area contributed by atoms with Crippen molar-refractivity contribution in [3.05, 3.63) is 0 Å². The number of hydroxylamine groups is 1. The van der Waals surface area contributed by atoms with E-state index in [1.807, 2.05) is 0 Å². The van der Waals surface area contributed by atoms with Crippen LogP contribution in [-0.4, -0.2) is 13.0 Å². The summed E-state index contributed by atoms with van der Waals surface area (Å²) in [7, 11) is 0. The Kier molecular flexibility index (Phi) is 5.21.